The van der Waals surface area contributed by atoms with Gasteiger partial charge in [-0.05, 0) is 24.3 Å². The highest BCUT2D eigenvalue weighted by Gasteiger charge is 2.23. The van der Waals surface area contributed by atoms with Crippen LogP contribution >= 0.6 is 11.3 Å². The lowest BCUT2D eigenvalue weighted by Crippen LogP contribution is -2.33. The fourth-order valence-corrected chi connectivity index (χ4v) is 3.03. The summed E-state index contributed by atoms with van der Waals surface area (Å²) in [4.78, 5) is 17.1. The third-order valence-electron chi connectivity index (χ3n) is 3.22. The van der Waals surface area contributed by atoms with E-state index in [1.807, 2.05) is 17.5 Å². The summed E-state index contributed by atoms with van der Waals surface area (Å²) in [5, 5.41) is 4.98. The van der Waals surface area contributed by atoms with E-state index in [9.17, 15) is 4.79 Å². The van der Waals surface area contributed by atoms with E-state index >= 15 is 0 Å². The van der Waals surface area contributed by atoms with Gasteiger partial charge in [0.2, 0.25) is 0 Å². The van der Waals surface area contributed by atoms with Crippen LogP contribution in [0.25, 0.3) is 10.6 Å². The van der Waals surface area contributed by atoms with Gasteiger partial charge >= 0.3 is 0 Å². The molecule has 0 bridgehead atoms. The molecule has 2 aromatic heterocycles. The lowest BCUT2D eigenvalue weighted by atomic mass is 10.2. The number of carbonyl (C=O) groups is 1. The van der Waals surface area contributed by atoms with Gasteiger partial charge in [-0.3, -0.25) is 4.79 Å². The maximum Gasteiger partial charge on any atom is 0.274 e. The highest BCUT2D eigenvalue weighted by Crippen LogP contribution is 2.28. The Bertz CT molecular complexity index is 527. The summed E-state index contributed by atoms with van der Waals surface area (Å²) in [6, 6.07) is 4.16. The Morgan fingerprint density at radius 2 is 2.28 bits per heavy atom. The van der Waals surface area contributed by atoms with Crippen molar-refractivity contribution >= 4 is 17.2 Å². The Balaban J connectivity index is 1.79. The molecule has 0 radical (unpaired) electrons. The summed E-state index contributed by atoms with van der Waals surface area (Å²) in [7, 11) is 0. The average molecular weight is 262 g/mol. The highest BCUT2D eigenvalue weighted by molar-refractivity contribution is 7.13. The first-order valence-corrected chi connectivity index (χ1v) is 7.01. The van der Waals surface area contributed by atoms with Gasteiger partial charge in [-0.25, -0.2) is 4.98 Å². The molecule has 3 rings (SSSR count). The molecule has 0 saturated heterocycles. The van der Waals surface area contributed by atoms with Crippen LogP contribution in [-0.2, 0) is 0 Å². The van der Waals surface area contributed by atoms with Crippen LogP contribution in [0, 0.1) is 0 Å². The van der Waals surface area contributed by atoms with Crippen LogP contribution in [0.4, 0.5) is 0 Å². The van der Waals surface area contributed by atoms with Crippen LogP contribution in [0.15, 0.2) is 28.3 Å². The fraction of sp³-hybridized carbons (Fsp3) is 0.385. The Kier molecular flexibility index (Phi) is 3.15. The van der Waals surface area contributed by atoms with Crippen molar-refractivity contribution in [3.8, 4) is 10.6 Å². The molecule has 1 fully saturated rings. The molecule has 1 aliphatic carbocycles. The van der Waals surface area contributed by atoms with E-state index in [2.05, 4.69) is 10.3 Å². The number of rotatable bonds is 3. The van der Waals surface area contributed by atoms with E-state index in [1.54, 1.807) is 11.3 Å². The van der Waals surface area contributed by atoms with Crippen molar-refractivity contribution in [2.75, 3.05) is 0 Å². The molecule has 4 nitrogen and oxygen atoms in total. The molecule has 0 spiro atoms. The molecule has 2 aromatic rings. The SMILES string of the molecule is O=C(NC1CCCC1)c1ncoc1-c1cccs1. The first kappa shape index (κ1) is 11.5. The van der Waals surface area contributed by atoms with Crippen LogP contribution in [0.1, 0.15) is 36.2 Å². The van der Waals surface area contributed by atoms with Gasteiger partial charge in [0.15, 0.2) is 17.8 Å². The maximum absolute atomic E-state index is 12.1. The predicted octanol–water partition coefficient (Wildman–Crippen LogP) is 3.08. The lowest BCUT2D eigenvalue weighted by molar-refractivity contribution is 0.0933. The molecule has 0 aliphatic heterocycles. The maximum atomic E-state index is 12.1. The summed E-state index contributed by atoms with van der Waals surface area (Å²) in [6.45, 7) is 0. The molecule has 1 amide bonds. The van der Waals surface area contributed by atoms with Crippen molar-refractivity contribution in [1.82, 2.24) is 10.3 Å². The summed E-state index contributed by atoms with van der Waals surface area (Å²) < 4.78 is 5.33. The molecular weight excluding hydrogens is 248 g/mol. The highest BCUT2D eigenvalue weighted by atomic mass is 32.1. The van der Waals surface area contributed by atoms with Crippen LogP contribution in [-0.4, -0.2) is 16.9 Å². The van der Waals surface area contributed by atoms with E-state index in [0.717, 1.165) is 17.7 Å². The van der Waals surface area contributed by atoms with Gasteiger partial charge in [0.1, 0.15) is 0 Å². The summed E-state index contributed by atoms with van der Waals surface area (Å²) in [5.41, 5.74) is 0.393. The minimum absolute atomic E-state index is 0.126. The van der Waals surface area contributed by atoms with Crippen molar-refractivity contribution in [2.45, 2.75) is 31.7 Å². The standard InChI is InChI=1S/C13H14N2O2S/c16-13(15-9-4-1-2-5-9)11-12(17-8-14-11)10-6-3-7-18-10/h3,6-9H,1-2,4-5H2,(H,15,16). The first-order chi connectivity index (χ1) is 8.84. The second-order valence-electron chi connectivity index (χ2n) is 4.46. The zero-order valence-electron chi connectivity index (χ0n) is 9.89. The third-order valence-corrected chi connectivity index (χ3v) is 4.09. The van der Waals surface area contributed by atoms with Crippen LogP contribution in [0.2, 0.25) is 0 Å². The largest absolute Gasteiger partial charge is 0.442 e. The molecule has 5 heteroatoms. The molecular formula is C13H14N2O2S. The van der Waals surface area contributed by atoms with Crippen molar-refractivity contribution in [3.63, 3.8) is 0 Å². The first-order valence-electron chi connectivity index (χ1n) is 6.13. The Labute approximate surface area is 109 Å². The van der Waals surface area contributed by atoms with Crippen molar-refractivity contribution in [3.05, 3.63) is 29.6 Å². The average Bonchev–Trinajstić information content (AvgIpc) is 3.11. The Morgan fingerprint density at radius 1 is 1.44 bits per heavy atom. The minimum Gasteiger partial charge on any atom is -0.442 e. The van der Waals surface area contributed by atoms with Gasteiger partial charge in [-0.1, -0.05) is 18.9 Å². The molecule has 0 unspecified atom stereocenters. The van der Waals surface area contributed by atoms with Gasteiger partial charge < -0.3 is 9.73 Å². The molecule has 94 valence electrons. The second-order valence-corrected chi connectivity index (χ2v) is 5.41. The topological polar surface area (TPSA) is 55.1 Å². The second kappa shape index (κ2) is 4.94. The van der Waals surface area contributed by atoms with Crippen LogP contribution in [0.3, 0.4) is 0 Å². The Morgan fingerprint density at radius 3 is 3.00 bits per heavy atom. The fourth-order valence-electron chi connectivity index (χ4n) is 2.31. The number of hydrogen-bond acceptors (Lipinski definition) is 4. The van der Waals surface area contributed by atoms with Gasteiger partial charge in [0.05, 0.1) is 4.88 Å². The van der Waals surface area contributed by atoms with E-state index in [4.69, 9.17) is 4.42 Å². The Hall–Kier alpha value is -1.62. The predicted molar refractivity (Wildman–Crippen MR) is 69.5 cm³/mol. The lowest BCUT2D eigenvalue weighted by Gasteiger charge is -2.10. The molecule has 1 aliphatic rings. The number of carbonyl (C=O) groups excluding carboxylic acids is 1. The smallest absolute Gasteiger partial charge is 0.274 e. The van der Waals surface area contributed by atoms with Gasteiger partial charge in [-0.15, -0.1) is 11.3 Å². The summed E-state index contributed by atoms with van der Waals surface area (Å²) >= 11 is 1.54. The van der Waals surface area contributed by atoms with Crippen molar-refractivity contribution < 1.29 is 9.21 Å². The number of hydrogen-bond donors (Lipinski definition) is 1. The van der Waals surface area contributed by atoms with Crippen LogP contribution in [0.5, 0.6) is 0 Å². The normalized spacial score (nSPS) is 16.0. The van der Waals surface area contributed by atoms with Gasteiger partial charge in [0.25, 0.3) is 5.91 Å². The molecule has 0 atom stereocenters. The third kappa shape index (κ3) is 2.18. The van der Waals surface area contributed by atoms with Crippen molar-refractivity contribution in [1.29, 1.82) is 0 Å². The number of aromatic nitrogens is 1. The number of thiophene rings is 1. The van der Waals surface area contributed by atoms with Crippen LogP contribution < -0.4 is 5.32 Å². The quantitative estimate of drug-likeness (QED) is 0.924. The van der Waals surface area contributed by atoms with Gasteiger partial charge in [-0.2, -0.15) is 0 Å². The number of nitrogens with one attached hydrogen (secondary N) is 1. The molecule has 18 heavy (non-hydrogen) atoms. The van der Waals surface area contributed by atoms with E-state index in [1.165, 1.54) is 19.2 Å². The summed E-state index contributed by atoms with van der Waals surface area (Å²) in [6.07, 6.45) is 5.86. The number of amides is 1. The minimum atomic E-state index is -0.126. The molecule has 1 saturated carbocycles. The van der Waals surface area contributed by atoms with E-state index < -0.39 is 0 Å². The zero-order valence-corrected chi connectivity index (χ0v) is 10.7. The van der Waals surface area contributed by atoms with Gasteiger partial charge in [0, 0.05) is 6.04 Å². The molecule has 1 N–H and O–H groups in total. The molecule has 0 aromatic carbocycles. The monoisotopic (exact) mass is 262 g/mol. The summed E-state index contributed by atoms with van der Waals surface area (Å²) in [5.74, 6) is 0.444. The molecule has 2 heterocycles. The van der Waals surface area contributed by atoms with Crippen molar-refractivity contribution in [2.24, 2.45) is 0 Å². The number of nitrogens with zero attached hydrogens (tertiary/aromatic N) is 1. The zero-order chi connectivity index (χ0) is 12.4. The number of oxazole rings is 1. The van der Waals surface area contributed by atoms with E-state index in [-0.39, 0.29) is 5.91 Å². The van der Waals surface area contributed by atoms with E-state index in [0.29, 0.717) is 17.5 Å².